The molecule has 2 aliphatic rings. The van der Waals surface area contributed by atoms with Gasteiger partial charge in [-0.3, -0.25) is 19.3 Å². The van der Waals surface area contributed by atoms with Crippen molar-refractivity contribution in [2.75, 3.05) is 38.1 Å². The fourth-order valence-electron chi connectivity index (χ4n) is 3.54. The van der Waals surface area contributed by atoms with E-state index in [1.807, 2.05) is 24.3 Å². The third kappa shape index (κ3) is 2.96. The van der Waals surface area contributed by atoms with Crippen molar-refractivity contribution in [3.63, 3.8) is 0 Å². The van der Waals surface area contributed by atoms with Crippen LogP contribution in [0.5, 0.6) is 0 Å². The number of anilines is 1. The van der Waals surface area contributed by atoms with Crippen molar-refractivity contribution in [1.82, 2.24) is 9.80 Å². The molecule has 2 aromatic carbocycles. The number of nitrogens with zero attached hydrogens (tertiary/aromatic N) is 3. The molecule has 0 atom stereocenters. The number of rotatable bonds is 2. The monoisotopic (exact) mass is 383 g/mol. The third-order valence-corrected chi connectivity index (χ3v) is 5.42. The molecule has 7 heteroatoms. The molecule has 2 aliphatic heterocycles. The van der Waals surface area contributed by atoms with Crippen LogP contribution in [-0.4, -0.2) is 60.7 Å². The van der Waals surface area contributed by atoms with Crippen LogP contribution in [0.1, 0.15) is 31.1 Å². The van der Waals surface area contributed by atoms with Gasteiger partial charge < -0.3 is 9.80 Å². The molecule has 0 aliphatic carbocycles. The molecule has 2 aromatic rings. The average Bonchev–Trinajstić information content (AvgIpc) is 2.92. The van der Waals surface area contributed by atoms with Crippen molar-refractivity contribution in [3.8, 4) is 0 Å². The molecular formula is C20H18ClN3O3. The number of fused-ring (bicyclic) bond motifs is 1. The molecule has 0 spiro atoms. The molecule has 0 bridgehead atoms. The van der Waals surface area contributed by atoms with E-state index >= 15 is 0 Å². The van der Waals surface area contributed by atoms with E-state index in [0.29, 0.717) is 47.9 Å². The summed E-state index contributed by atoms with van der Waals surface area (Å²) in [5.74, 6) is -0.832. The van der Waals surface area contributed by atoms with E-state index in [9.17, 15) is 14.4 Å². The van der Waals surface area contributed by atoms with Gasteiger partial charge in [-0.2, -0.15) is 0 Å². The van der Waals surface area contributed by atoms with Crippen LogP contribution in [0.4, 0.5) is 5.69 Å². The fraction of sp³-hybridized carbons (Fsp3) is 0.250. The lowest BCUT2D eigenvalue weighted by molar-refractivity contribution is 0.0692. The van der Waals surface area contributed by atoms with Gasteiger partial charge in [-0.25, -0.2) is 0 Å². The quantitative estimate of drug-likeness (QED) is 0.748. The van der Waals surface area contributed by atoms with Gasteiger partial charge in [0.2, 0.25) is 0 Å². The van der Waals surface area contributed by atoms with Crippen LogP contribution >= 0.6 is 11.6 Å². The summed E-state index contributed by atoms with van der Waals surface area (Å²) in [4.78, 5) is 42.0. The summed E-state index contributed by atoms with van der Waals surface area (Å²) in [6.07, 6.45) is 0. The summed E-state index contributed by atoms with van der Waals surface area (Å²) in [5.41, 5.74) is 2.04. The maximum Gasteiger partial charge on any atom is 0.261 e. The summed E-state index contributed by atoms with van der Waals surface area (Å²) in [6, 6.07) is 12.4. The van der Waals surface area contributed by atoms with E-state index in [1.54, 1.807) is 17.0 Å². The van der Waals surface area contributed by atoms with Crippen molar-refractivity contribution in [1.29, 1.82) is 0 Å². The predicted octanol–water partition coefficient (Wildman–Crippen LogP) is 2.53. The zero-order valence-electron chi connectivity index (χ0n) is 14.8. The van der Waals surface area contributed by atoms with E-state index in [1.165, 1.54) is 13.1 Å². The average molecular weight is 384 g/mol. The van der Waals surface area contributed by atoms with Crippen molar-refractivity contribution >= 4 is 35.0 Å². The van der Waals surface area contributed by atoms with E-state index < -0.39 is 0 Å². The van der Waals surface area contributed by atoms with E-state index in [2.05, 4.69) is 4.90 Å². The Morgan fingerprint density at radius 2 is 1.59 bits per heavy atom. The number of imide groups is 1. The molecule has 0 N–H and O–H groups in total. The highest BCUT2D eigenvalue weighted by Crippen LogP contribution is 2.27. The van der Waals surface area contributed by atoms with Crippen LogP contribution in [0.2, 0.25) is 5.02 Å². The molecule has 0 unspecified atom stereocenters. The summed E-state index contributed by atoms with van der Waals surface area (Å²) < 4.78 is 0. The number of carbonyl (C=O) groups excluding carboxylic acids is 3. The van der Waals surface area contributed by atoms with Gasteiger partial charge in [-0.1, -0.05) is 23.7 Å². The molecule has 27 heavy (non-hydrogen) atoms. The lowest BCUT2D eigenvalue weighted by atomic mass is 10.0. The topological polar surface area (TPSA) is 60.9 Å². The first-order chi connectivity index (χ1) is 13.0. The van der Waals surface area contributed by atoms with Gasteiger partial charge in [-0.15, -0.1) is 0 Å². The van der Waals surface area contributed by atoms with E-state index in [4.69, 9.17) is 11.6 Å². The van der Waals surface area contributed by atoms with Gasteiger partial charge in [0.05, 0.1) is 21.8 Å². The number of hydrogen-bond donors (Lipinski definition) is 0. The van der Waals surface area contributed by atoms with Crippen LogP contribution in [0.25, 0.3) is 0 Å². The molecule has 1 saturated heterocycles. The fourth-order valence-corrected chi connectivity index (χ4v) is 3.79. The smallest absolute Gasteiger partial charge is 0.261 e. The van der Waals surface area contributed by atoms with Crippen molar-refractivity contribution in [2.24, 2.45) is 0 Å². The molecular weight excluding hydrogens is 366 g/mol. The van der Waals surface area contributed by atoms with Gasteiger partial charge in [0, 0.05) is 38.8 Å². The summed E-state index contributed by atoms with van der Waals surface area (Å²) in [6.45, 7) is 2.49. The molecule has 0 saturated carbocycles. The first kappa shape index (κ1) is 17.5. The first-order valence-electron chi connectivity index (χ1n) is 8.72. The van der Waals surface area contributed by atoms with E-state index in [0.717, 1.165) is 10.6 Å². The van der Waals surface area contributed by atoms with Crippen molar-refractivity contribution in [2.45, 2.75) is 0 Å². The number of hydrogen-bond acceptors (Lipinski definition) is 4. The molecule has 138 valence electrons. The largest absolute Gasteiger partial charge is 0.367 e. The summed E-state index contributed by atoms with van der Waals surface area (Å²) in [7, 11) is 1.44. The van der Waals surface area contributed by atoms with Gasteiger partial charge in [-0.05, 0) is 30.3 Å². The molecule has 2 heterocycles. The lowest BCUT2D eigenvalue weighted by Crippen LogP contribution is -2.48. The van der Waals surface area contributed by atoms with Crippen LogP contribution in [0.3, 0.4) is 0 Å². The number of benzene rings is 2. The third-order valence-electron chi connectivity index (χ3n) is 5.10. The Balaban J connectivity index is 1.49. The molecule has 1 fully saturated rings. The van der Waals surface area contributed by atoms with Crippen LogP contribution in [0, 0.1) is 0 Å². The maximum absolute atomic E-state index is 12.9. The Morgan fingerprint density at radius 3 is 2.30 bits per heavy atom. The minimum Gasteiger partial charge on any atom is -0.367 e. The predicted molar refractivity (Wildman–Crippen MR) is 102 cm³/mol. The van der Waals surface area contributed by atoms with Crippen LogP contribution < -0.4 is 4.90 Å². The molecule has 0 radical (unpaired) electrons. The lowest BCUT2D eigenvalue weighted by Gasteiger charge is -2.36. The highest BCUT2D eigenvalue weighted by atomic mass is 35.5. The second kappa shape index (κ2) is 6.70. The zero-order chi connectivity index (χ0) is 19.1. The highest BCUT2D eigenvalue weighted by molar-refractivity contribution is 6.33. The summed E-state index contributed by atoms with van der Waals surface area (Å²) in [5, 5.41) is 0.697. The first-order valence-corrected chi connectivity index (χ1v) is 9.10. The van der Waals surface area contributed by atoms with Crippen LogP contribution in [0.15, 0.2) is 42.5 Å². The summed E-state index contributed by atoms with van der Waals surface area (Å²) >= 11 is 6.26. The van der Waals surface area contributed by atoms with Gasteiger partial charge >= 0.3 is 0 Å². The van der Waals surface area contributed by atoms with Gasteiger partial charge in [0.25, 0.3) is 17.7 Å². The van der Waals surface area contributed by atoms with Crippen molar-refractivity contribution < 1.29 is 14.4 Å². The maximum atomic E-state index is 12.9. The number of amides is 3. The molecule has 0 aromatic heterocycles. The second-order valence-electron chi connectivity index (χ2n) is 6.66. The minimum atomic E-state index is -0.367. The normalized spacial score (nSPS) is 16.7. The number of piperazine rings is 1. The van der Waals surface area contributed by atoms with Crippen LogP contribution in [-0.2, 0) is 0 Å². The van der Waals surface area contributed by atoms with Gasteiger partial charge in [0.1, 0.15) is 0 Å². The number of carbonyl (C=O) groups is 3. The second-order valence-corrected chi connectivity index (χ2v) is 7.07. The standard InChI is InChI=1S/C20H18ClN3O3/c1-22-19(26)14-7-6-13(12-15(14)20(22)27)18(25)24-10-8-23(9-11-24)17-5-3-2-4-16(17)21/h2-7,12H,8-11H2,1H3. The Kier molecular flexibility index (Phi) is 4.36. The Hall–Kier alpha value is -2.86. The number of para-hydroxylation sites is 1. The molecule has 3 amide bonds. The Bertz CT molecular complexity index is 951. The Morgan fingerprint density at radius 1 is 0.926 bits per heavy atom. The Labute approximate surface area is 161 Å². The van der Waals surface area contributed by atoms with Crippen molar-refractivity contribution in [3.05, 3.63) is 64.2 Å². The highest BCUT2D eigenvalue weighted by Gasteiger charge is 2.34. The number of halogens is 1. The van der Waals surface area contributed by atoms with Gasteiger partial charge in [0.15, 0.2) is 0 Å². The zero-order valence-corrected chi connectivity index (χ0v) is 15.6. The van der Waals surface area contributed by atoms with E-state index in [-0.39, 0.29) is 17.7 Å². The minimum absolute atomic E-state index is 0.133. The SMILES string of the molecule is CN1C(=O)c2ccc(C(=O)N3CCN(c4ccccc4Cl)CC3)cc2C1=O. The molecule has 4 rings (SSSR count). The molecule has 6 nitrogen and oxygen atoms in total.